The average Bonchev–Trinajstić information content (AvgIpc) is 2.09. The van der Waals surface area contributed by atoms with Crippen LogP contribution >= 0.6 is 46.4 Å². The monoisotopic (exact) mass is 262 g/mol. The molecule has 0 saturated carbocycles. The maximum Gasteiger partial charge on any atom is 0.151 e. The molecular formula is C7H6Cl4O2. The van der Waals surface area contributed by atoms with Crippen molar-refractivity contribution >= 4 is 46.4 Å². The zero-order valence-electron chi connectivity index (χ0n) is 6.48. The minimum atomic E-state index is -1.55. The summed E-state index contributed by atoms with van der Waals surface area (Å²) in [7, 11) is 0. The van der Waals surface area contributed by atoms with E-state index in [4.69, 9.17) is 46.4 Å². The van der Waals surface area contributed by atoms with Crippen molar-refractivity contribution in [2.24, 2.45) is 0 Å². The van der Waals surface area contributed by atoms with Crippen LogP contribution in [0.3, 0.4) is 0 Å². The predicted octanol–water partition coefficient (Wildman–Crippen LogP) is 3.06. The molecule has 0 aromatic rings. The Hall–Kier alpha value is 0.400. The van der Waals surface area contributed by atoms with Crippen LogP contribution in [0.15, 0.2) is 20.9 Å². The van der Waals surface area contributed by atoms with Gasteiger partial charge < -0.3 is 10.2 Å². The molecule has 0 amide bonds. The summed E-state index contributed by atoms with van der Waals surface area (Å²) in [5.41, 5.74) is -1.55. The molecule has 1 aliphatic rings. The molecule has 0 bridgehead atoms. The summed E-state index contributed by atoms with van der Waals surface area (Å²) in [5.74, 6) is -0.389. The Morgan fingerprint density at radius 2 is 1.77 bits per heavy atom. The molecule has 1 aliphatic carbocycles. The third kappa shape index (κ3) is 1.66. The smallest absolute Gasteiger partial charge is 0.151 e. The summed E-state index contributed by atoms with van der Waals surface area (Å²) >= 11 is 22.6. The van der Waals surface area contributed by atoms with Crippen molar-refractivity contribution in [3.63, 3.8) is 0 Å². The molecule has 0 aromatic carbocycles. The Labute approximate surface area is 95.3 Å². The molecule has 1 rings (SSSR count). The zero-order chi connectivity index (χ0) is 10.4. The second kappa shape index (κ2) is 3.52. The van der Waals surface area contributed by atoms with Crippen LogP contribution in [0, 0.1) is 0 Å². The van der Waals surface area contributed by atoms with E-state index in [1.807, 2.05) is 0 Å². The summed E-state index contributed by atoms with van der Waals surface area (Å²) in [5, 5.41) is 17.6. The van der Waals surface area contributed by atoms with Gasteiger partial charge in [-0.1, -0.05) is 34.8 Å². The lowest BCUT2D eigenvalue weighted by molar-refractivity contribution is 0.108. The number of hydrogen-bond donors (Lipinski definition) is 2. The molecule has 2 N–H and O–H groups in total. The molecule has 1 unspecified atom stereocenters. The number of hydrogen-bond acceptors (Lipinski definition) is 2. The summed E-state index contributed by atoms with van der Waals surface area (Å²) in [6, 6.07) is 0. The van der Waals surface area contributed by atoms with E-state index < -0.39 is 11.0 Å². The molecule has 0 saturated heterocycles. The highest BCUT2D eigenvalue weighted by molar-refractivity contribution is 6.46. The van der Waals surface area contributed by atoms with Crippen LogP contribution in [0.2, 0.25) is 0 Å². The standard InChI is InChI=1S/C7H6Cl4O2/c1-7(13)5(10)2(8)4(12)3(9)6(7)11/h5,12-13H,1H3/t5?,7-/m1/s1. The number of alkyl halides is 1. The first-order valence-electron chi connectivity index (χ1n) is 3.31. The maximum atomic E-state index is 9.73. The van der Waals surface area contributed by atoms with Crippen LogP contribution < -0.4 is 0 Å². The van der Waals surface area contributed by atoms with Crippen molar-refractivity contribution in [1.82, 2.24) is 0 Å². The van der Waals surface area contributed by atoms with Gasteiger partial charge in [0, 0.05) is 0 Å². The number of aliphatic hydroxyl groups excluding tert-OH is 1. The number of halogens is 4. The Morgan fingerprint density at radius 3 is 2.23 bits per heavy atom. The van der Waals surface area contributed by atoms with E-state index in [0.717, 1.165) is 0 Å². The molecule has 2 nitrogen and oxygen atoms in total. The fourth-order valence-corrected chi connectivity index (χ4v) is 2.02. The molecule has 0 heterocycles. The molecule has 0 aliphatic heterocycles. The lowest BCUT2D eigenvalue weighted by Gasteiger charge is -2.32. The van der Waals surface area contributed by atoms with Gasteiger partial charge >= 0.3 is 0 Å². The van der Waals surface area contributed by atoms with Gasteiger partial charge in [0.05, 0.1) is 10.1 Å². The average molecular weight is 264 g/mol. The summed E-state index contributed by atoms with van der Waals surface area (Å²) in [6.45, 7) is 1.37. The third-order valence-electron chi connectivity index (χ3n) is 1.79. The van der Waals surface area contributed by atoms with Gasteiger partial charge in [0.2, 0.25) is 0 Å². The SMILES string of the molecule is C[C@]1(O)C(Cl)=C(Cl)C(O)=C(Cl)C1Cl. The van der Waals surface area contributed by atoms with Crippen molar-refractivity contribution in [3.05, 3.63) is 20.9 Å². The Bertz CT molecular complexity index is 306. The minimum Gasteiger partial charge on any atom is -0.505 e. The van der Waals surface area contributed by atoms with Crippen LogP contribution in [0.25, 0.3) is 0 Å². The number of rotatable bonds is 0. The lowest BCUT2D eigenvalue weighted by atomic mass is 9.96. The number of aliphatic hydroxyl groups is 2. The van der Waals surface area contributed by atoms with Gasteiger partial charge in [0.15, 0.2) is 5.76 Å². The van der Waals surface area contributed by atoms with Crippen LogP contribution in [0.1, 0.15) is 6.92 Å². The highest BCUT2D eigenvalue weighted by Crippen LogP contribution is 2.44. The Kier molecular flexibility index (Phi) is 3.11. The van der Waals surface area contributed by atoms with E-state index in [9.17, 15) is 10.2 Å². The Morgan fingerprint density at radius 1 is 1.31 bits per heavy atom. The quantitative estimate of drug-likeness (QED) is 0.660. The molecule has 0 spiro atoms. The van der Waals surface area contributed by atoms with E-state index in [1.165, 1.54) is 6.92 Å². The van der Waals surface area contributed by atoms with Crippen LogP contribution in [-0.4, -0.2) is 21.2 Å². The largest absolute Gasteiger partial charge is 0.505 e. The predicted molar refractivity (Wildman–Crippen MR) is 54.5 cm³/mol. The van der Waals surface area contributed by atoms with E-state index in [1.54, 1.807) is 0 Å². The summed E-state index contributed by atoms with van der Waals surface area (Å²) in [6.07, 6.45) is 0. The molecule has 2 atom stereocenters. The second-order valence-corrected chi connectivity index (χ2v) is 4.43. The normalized spacial score (nSPS) is 35.7. The van der Waals surface area contributed by atoms with Crippen molar-refractivity contribution < 1.29 is 10.2 Å². The van der Waals surface area contributed by atoms with E-state index in [2.05, 4.69) is 0 Å². The highest BCUT2D eigenvalue weighted by atomic mass is 35.5. The highest BCUT2D eigenvalue weighted by Gasteiger charge is 2.43. The molecule has 0 aromatic heterocycles. The summed E-state index contributed by atoms with van der Waals surface area (Å²) < 4.78 is 0. The molecule has 74 valence electrons. The summed E-state index contributed by atoms with van der Waals surface area (Å²) in [4.78, 5) is 0. The maximum absolute atomic E-state index is 9.73. The number of allylic oxidation sites excluding steroid dienone is 1. The first kappa shape index (κ1) is 11.5. The third-order valence-corrected chi connectivity index (χ3v) is 3.98. The van der Waals surface area contributed by atoms with Gasteiger partial charge in [-0.25, -0.2) is 0 Å². The van der Waals surface area contributed by atoms with Gasteiger partial charge in [-0.3, -0.25) is 0 Å². The fraction of sp³-hybridized carbons (Fsp3) is 0.429. The van der Waals surface area contributed by atoms with Gasteiger partial charge in [-0.2, -0.15) is 0 Å². The zero-order valence-corrected chi connectivity index (χ0v) is 9.51. The van der Waals surface area contributed by atoms with Crippen LogP contribution in [0.4, 0.5) is 0 Å². The van der Waals surface area contributed by atoms with Gasteiger partial charge in [-0.15, -0.1) is 11.6 Å². The second-order valence-electron chi connectivity index (χ2n) is 2.83. The van der Waals surface area contributed by atoms with Crippen molar-refractivity contribution in [3.8, 4) is 0 Å². The van der Waals surface area contributed by atoms with E-state index in [0.29, 0.717) is 0 Å². The van der Waals surface area contributed by atoms with Crippen molar-refractivity contribution in [1.29, 1.82) is 0 Å². The lowest BCUT2D eigenvalue weighted by Crippen LogP contribution is -2.39. The molecule has 6 heteroatoms. The van der Waals surface area contributed by atoms with Crippen molar-refractivity contribution in [2.75, 3.05) is 0 Å². The molecule has 13 heavy (non-hydrogen) atoms. The van der Waals surface area contributed by atoms with E-state index in [-0.39, 0.29) is 20.9 Å². The molecule has 0 radical (unpaired) electrons. The minimum absolute atomic E-state index is 0.110. The first-order valence-corrected chi connectivity index (χ1v) is 4.88. The topological polar surface area (TPSA) is 40.5 Å². The van der Waals surface area contributed by atoms with E-state index >= 15 is 0 Å². The van der Waals surface area contributed by atoms with Gasteiger partial charge in [0.1, 0.15) is 16.0 Å². The van der Waals surface area contributed by atoms with Gasteiger partial charge in [-0.05, 0) is 6.92 Å². The van der Waals surface area contributed by atoms with Crippen LogP contribution in [0.5, 0.6) is 0 Å². The fourth-order valence-electron chi connectivity index (χ4n) is 0.909. The van der Waals surface area contributed by atoms with Crippen LogP contribution in [-0.2, 0) is 0 Å². The van der Waals surface area contributed by atoms with Gasteiger partial charge in [0.25, 0.3) is 0 Å². The Balaban J connectivity index is 3.32. The molecule has 0 fully saturated rings. The molecular weight excluding hydrogens is 258 g/mol. The first-order chi connectivity index (χ1) is 5.80. The van der Waals surface area contributed by atoms with Crippen molar-refractivity contribution in [2.45, 2.75) is 17.9 Å².